The first-order valence-electron chi connectivity index (χ1n) is 6.92. The van der Waals surface area contributed by atoms with Gasteiger partial charge in [0.05, 0.1) is 12.7 Å². The molecule has 0 aromatic heterocycles. The highest BCUT2D eigenvalue weighted by atomic mass is 16.5. The molecule has 2 rings (SSSR count). The number of para-hydroxylation sites is 1. The van der Waals surface area contributed by atoms with E-state index in [0.29, 0.717) is 30.9 Å². The Morgan fingerprint density at radius 2 is 1.76 bits per heavy atom. The van der Waals surface area contributed by atoms with Crippen LogP contribution in [0.15, 0.2) is 54.6 Å². The van der Waals surface area contributed by atoms with Crippen molar-refractivity contribution in [2.24, 2.45) is 5.73 Å². The van der Waals surface area contributed by atoms with E-state index in [1.165, 1.54) is 0 Å². The lowest BCUT2D eigenvalue weighted by molar-refractivity contribution is 0.0745. The number of amides is 1. The van der Waals surface area contributed by atoms with Crippen molar-refractivity contribution < 1.29 is 9.53 Å². The summed E-state index contributed by atoms with van der Waals surface area (Å²) >= 11 is 0. The van der Waals surface area contributed by atoms with Crippen LogP contribution in [0, 0.1) is 0 Å². The minimum absolute atomic E-state index is 0.0678. The molecule has 4 nitrogen and oxygen atoms in total. The third-order valence-electron chi connectivity index (χ3n) is 3.24. The Kier molecular flexibility index (Phi) is 5.35. The summed E-state index contributed by atoms with van der Waals surface area (Å²) in [6.45, 7) is 1.47. The van der Waals surface area contributed by atoms with E-state index in [0.717, 1.165) is 5.56 Å². The van der Waals surface area contributed by atoms with Gasteiger partial charge in [-0.3, -0.25) is 4.79 Å². The van der Waals surface area contributed by atoms with Crippen LogP contribution in [-0.2, 0) is 6.54 Å². The molecule has 21 heavy (non-hydrogen) atoms. The topological polar surface area (TPSA) is 55.6 Å². The van der Waals surface area contributed by atoms with Gasteiger partial charge in [0, 0.05) is 19.6 Å². The Hall–Kier alpha value is -2.33. The predicted octanol–water partition coefficient (Wildman–Crippen LogP) is 2.30. The molecule has 0 saturated carbocycles. The molecule has 2 aromatic rings. The van der Waals surface area contributed by atoms with E-state index in [1.54, 1.807) is 24.1 Å². The average Bonchev–Trinajstić information content (AvgIpc) is 2.54. The zero-order valence-electron chi connectivity index (χ0n) is 12.2. The molecule has 1 amide bonds. The highest BCUT2D eigenvalue weighted by molar-refractivity contribution is 5.96. The second-order valence-corrected chi connectivity index (χ2v) is 4.70. The fourth-order valence-electron chi connectivity index (χ4n) is 2.20. The van der Waals surface area contributed by atoms with Gasteiger partial charge in [0.2, 0.25) is 0 Å². The third kappa shape index (κ3) is 3.83. The Bertz CT molecular complexity index is 584. The van der Waals surface area contributed by atoms with Crippen LogP contribution < -0.4 is 10.5 Å². The van der Waals surface area contributed by atoms with E-state index in [9.17, 15) is 4.79 Å². The summed E-state index contributed by atoms with van der Waals surface area (Å²) < 4.78 is 5.27. The van der Waals surface area contributed by atoms with Gasteiger partial charge in [0.1, 0.15) is 5.75 Å². The van der Waals surface area contributed by atoms with Crippen molar-refractivity contribution in [1.29, 1.82) is 0 Å². The number of ether oxygens (including phenoxy) is 1. The number of rotatable bonds is 6. The zero-order chi connectivity index (χ0) is 15.1. The van der Waals surface area contributed by atoms with Crippen molar-refractivity contribution in [3.05, 3.63) is 65.7 Å². The van der Waals surface area contributed by atoms with Crippen molar-refractivity contribution in [2.75, 3.05) is 20.2 Å². The first kappa shape index (κ1) is 15.1. The number of hydrogen-bond donors (Lipinski definition) is 1. The zero-order valence-corrected chi connectivity index (χ0v) is 12.2. The Morgan fingerprint density at radius 3 is 2.43 bits per heavy atom. The number of nitrogens with two attached hydrogens (primary N) is 1. The summed E-state index contributed by atoms with van der Waals surface area (Å²) in [4.78, 5) is 14.5. The number of nitrogens with zero attached hydrogens (tertiary/aromatic N) is 1. The molecular weight excluding hydrogens is 264 g/mol. The minimum atomic E-state index is -0.0678. The molecule has 0 heterocycles. The number of benzene rings is 2. The first-order valence-corrected chi connectivity index (χ1v) is 6.92. The van der Waals surface area contributed by atoms with Gasteiger partial charge in [-0.05, 0) is 17.7 Å². The lowest BCUT2D eigenvalue weighted by atomic mass is 10.1. The minimum Gasteiger partial charge on any atom is -0.496 e. The number of carbonyl (C=O) groups excluding carboxylic acids is 1. The van der Waals surface area contributed by atoms with Crippen LogP contribution in [0.25, 0.3) is 0 Å². The second kappa shape index (κ2) is 7.45. The van der Waals surface area contributed by atoms with Crippen molar-refractivity contribution >= 4 is 5.91 Å². The summed E-state index contributed by atoms with van der Waals surface area (Å²) in [5.74, 6) is 0.513. The molecule has 2 aromatic carbocycles. The molecule has 0 aliphatic rings. The van der Waals surface area contributed by atoms with Crippen LogP contribution in [0.3, 0.4) is 0 Å². The van der Waals surface area contributed by atoms with Crippen LogP contribution in [0.1, 0.15) is 15.9 Å². The molecule has 0 fully saturated rings. The Balaban J connectivity index is 2.23. The van der Waals surface area contributed by atoms with Gasteiger partial charge in [0.25, 0.3) is 5.91 Å². The largest absolute Gasteiger partial charge is 0.496 e. The van der Waals surface area contributed by atoms with Crippen LogP contribution >= 0.6 is 0 Å². The molecule has 0 spiro atoms. The quantitative estimate of drug-likeness (QED) is 0.885. The summed E-state index contributed by atoms with van der Waals surface area (Å²) in [5.41, 5.74) is 7.28. The molecule has 0 bridgehead atoms. The molecule has 0 aliphatic carbocycles. The van der Waals surface area contributed by atoms with Gasteiger partial charge in [0.15, 0.2) is 0 Å². The SMILES string of the molecule is COc1ccccc1C(=O)N(CCN)Cc1ccccc1. The summed E-state index contributed by atoms with van der Waals surface area (Å²) in [7, 11) is 1.57. The van der Waals surface area contributed by atoms with Gasteiger partial charge < -0.3 is 15.4 Å². The number of carbonyl (C=O) groups is 1. The third-order valence-corrected chi connectivity index (χ3v) is 3.24. The molecule has 110 valence electrons. The normalized spacial score (nSPS) is 10.2. The predicted molar refractivity (Wildman–Crippen MR) is 83.2 cm³/mol. The van der Waals surface area contributed by atoms with E-state index >= 15 is 0 Å². The highest BCUT2D eigenvalue weighted by Gasteiger charge is 2.18. The molecule has 0 aliphatic heterocycles. The van der Waals surface area contributed by atoms with E-state index in [2.05, 4.69) is 0 Å². The summed E-state index contributed by atoms with van der Waals surface area (Å²) in [6, 6.07) is 17.1. The smallest absolute Gasteiger partial charge is 0.257 e. The lowest BCUT2D eigenvalue weighted by Gasteiger charge is -2.23. The molecule has 0 atom stereocenters. The van der Waals surface area contributed by atoms with Gasteiger partial charge >= 0.3 is 0 Å². The molecule has 0 unspecified atom stereocenters. The van der Waals surface area contributed by atoms with Crippen molar-refractivity contribution in [1.82, 2.24) is 4.90 Å². The van der Waals surface area contributed by atoms with Crippen molar-refractivity contribution in [2.45, 2.75) is 6.54 Å². The second-order valence-electron chi connectivity index (χ2n) is 4.70. The van der Waals surface area contributed by atoms with Crippen LogP contribution in [0.5, 0.6) is 5.75 Å². The van der Waals surface area contributed by atoms with Gasteiger partial charge in [-0.15, -0.1) is 0 Å². The standard InChI is InChI=1S/C17H20N2O2/c1-21-16-10-6-5-9-15(16)17(20)19(12-11-18)13-14-7-3-2-4-8-14/h2-10H,11-13,18H2,1H3. The van der Waals surface area contributed by atoms with Crippen molar-refractivity contribution in [3.8, 4) is 5.75 Å². The van der Waals surface area contributed by atoms with Crippen LogP contribution in [0.2, 0.25) is 0 Å². The van der Waals surface area contributed by atoms with Gasteiger partial charge in [-0.25, -0.2) is 0 Å². The highest BCUT2D eigenvalue weighted by Crippen LogP contribution is 2.20. The van der Waals surface area contributed by atoms with Crippen LogP contribution in [0.4, 0.5) is 0 Å². The first-order chi connectivity index (χ1) is 10.3. The molecular formula is C17H20N2O2. The van der Waals surface area contributed by atoms with E-state index in [1.807, 2.05) is 42.5 Å². The maximum Gasteiger partial charge on any atom is 0.257 e. The summed E-state index contributed by atoms with van der Waals surface area (Å²) in [6.07, 6.45) is 0. The van der Waals surface area contributed by atoms with Crippen molar-refractivity contribution in [3.63, 3.8) is 0 Å². The summed E-state index contributed by atoms with van der Waals surface area (Å²) in [5, 5.41) is 0. The fraction of sp³-hybridized carbons (Fsp3) is 0.235. The molecule has 0 radical (unpaired) electrons. The lowest BCUT2D eigenvalue weighted by Crippen LogP contribution is -2.35. The van der Waals surface area contributed by atoms with Gasteiger partial charge in [-0.1, -0.05) is 42.5 Å². The van der Waals surface area contributed by atoms with E-state index in [4.69, 9.17) is 10.5 Å². The Labute approximate surface area is 125 Å². The average molecular weight is 284 g/mol. The number of hydrogen-bond acceptors (Lipinski definition) is 3. The van der Waals surface area contributed by atoms with Gasteiger partial charge in [-0.2, -0.15) is 0 Å². The maximum atomic E-state index is 12.7. The monoisotopic (exact) mass is 284 g/mol. The van der Waals surface area contributed by atoms with Crippen LogP contribution in [-0.4, -0.2) is 31.0 Å². The number of methoxy groups -OCH3 is 1. The maximum absolute atomic E-state index is 12.7. The van der Waals surface area contributed by atoms with E-state index < -0.39 is 0 Å². The van der Waals surface area contributed by atoms with E-state index in [-0.39, 0.29) is 5.91 Å². The Morgan fingerprint density at radius 1 is 1.10 bits per heavy atom. The molecule has 4 heteroatoms. The molecule has 0 saturated heterocycles. The fourth-order valence-corrected chi connectivity index (χ4v) is 2.20. The molecule has 2 N–H and O–H groups in total.